The fourth-order valence-corrected chi connectivity index (χ4v) is 6.19. The number of fused-ring (bicyclic) bond motifs is 1. The number of benzene rings is 3. The highest BCUT2D eigenvalue weighted by molar-refractivity contribution is 7.87. The Labute approximate surface area is 211 Å². The van der Waals surface area contributed by atoms with Crippen LogP contribution in [-0.2, 0) is 24.6 Å². The Morgan fingerprint density at radius 3 is 1.92 bits per heavy atom. The number of aromatic hydroxyl groups is 2. The van der Waals surface area contributed by atoms with E-state index < -0.39 is 53.0 Å². The highest BCUT2D eigenvalue weighted by atomic mass is 32.2. The van der Waals surface area contributed by atoms with Crippen LogP contribution in [0, 0.1) is 0 Å². The monoisotopic (exact) mass is 532 g/mol. The molecule has 0 radical (unpaired) electrons. The zero-order chi connectivity index (χ0) is 26.5. The summed E-state index contributed by atoms with van der Waals surface area (Å²) in [6.07, 6.45) is -8.01. The largest absolute Gasteiger partial charge is 0.508 e. The molecule has 11 nitrogen and oxygen atoms in total. The van der Waals surface area contributed by atoms with Crippen LogP contribution in [0.25, 0.3) is 0 Å². The number of phenolic OH excluding ortho intramolecular Hbond substituents is 2. The minimum absolute atomic E-state index is 0.0506. The normalized spacial score (nSPS) is 27.9. The van der Waals surface area contributed by atoms with Crippen molar-refractivity contribution in [1.82, 2.24) is 0 Å². The van der Waals surface area contributed by atoms with Gasteiger partial charge in [0.15, 0.2) is 5.60 Å². The summed E-state index contributed by atoms with van der Waals surface area (Å²) in [4.78, 5) is -0.367. The molecule has 1 saturated heterocycles. The van der Waals surface area contributed by atoms with Gasteiger partial charge in [-0.3, -0.25) is 0 Å². The molecular weight excluding hydrogens is 508 g/mol. The summed E-state index contributed by atoms with van der Waals surface area (Å²) in [5, 5.41) is 59.6. The van der Waals surface area contributed by atoms with Crippen molar-refractivity contribution < 1.29 is 52.7 Å². The third-order valence-corrected chi connectivity index (χ3v) is 7.87. The van der Waals surface area contributed by atoms with Gasteiger partial charge in [0.05, 0.1) is 6.61 Å². The van der Waals surface area contributed by atoms with Gasteiger partial charge in [-0.2, -0.15) is 8.42 Å². The Kier molecular flexibility index (Phi) is 6.36. The molecule has 0 amide bonds. The van der Waals surface area contributed by atoms with Crippen molar-refractivity contribution in [2.24, 2.45) is 0 Å². The van der Waals surface area contributed by atoms with Crippen LogP contribution < -0.4 is 4.74 Å². The van der Waals surface area contributed by atoms with Crippen LogP contribution >= 0.6 is 0 Å². The van der Waals surface area contributed by atoms with Gasteiger partial charge >= 0.3 is 10.1 Å². The zero-order valence-corrected chi connectivity index (χ0v) is 19.9. The van der Waals surface area contributed by atoms with E-state index in [9.17, 15) is 39.1 Å². The molecule has 0 unspecified atom stereocenters. The first-order chi connectivity index (χ1) is 17.6. The molecule has 5 rings (SSSR count). The van der Waals surface area contributed by atoms with E-state index in [1.54, 1.807) is 0 Å². The molecule has 6 N–H and O–H groups in total. The summed E-state index contributed by atoms with van der Waals surface area (Å²) in [6.45, 7) is -0.691. The Bertz CT molecular complexity index is 1340. The van der Waals surface area contributed by atoms with Crippen molar-refractivity contribution >= 4 is 10.1 Å². The van der Waals surface area contributed by atoms with E-state index in [1.807, 2.05) is 0 Å². The van der Waals surface area contributed by atoms with Crippen molar-refractivity contribution in [2.45, 2.75) is 41.2 Å². The Morgan fingerprint density at radius 1 is 0.811 bits per heavy atom. The van der Waals surface area contributed by atoms with Gasteiger partial charge in [-0.1, -0.05) is 36.4 Å². The molecule has 1 fully saturated rings. The van der Waals surface area contributed by atoms with Crippen molar-refractivity contribution in [3.8, 4) is 17.2 Å². The molecular formula is C25H24O11S. The molecule has 196 valence electrons. The van der Waals surface area contributed by atoms with Crippen molar-refractivity contribution in [3.05, 3.63) is 83.4 Å². The maximum atomic E-state index is 13.5. The van der Waals surface area contributed by atoms with Gasteiger partial charge < -0.3 is 40.1 Å². The lowest BCUT2D eigenvalue weighted by atomic mass is 9.80. The van der Waals surface area contributed by atoms with E-state index in [0.717, 1.165) is 0 Å². The number of aliphatic hydroxyl groups is 4. The van der Waals surface area contributed by atoms with Crippen LogP contribution in [0.4, 0.5) is 0 Å². The molecule has 3 aromatic rings. The van der Waals surface area contributed by atoms with E-state index in [4.69, 9.17) is 13.7 Å². The first-order valence-corrected chi connectivity index (χ1v) is 12.6. The van der Waals surface area contributed by atoms with Crippen LogP contribution in [0.1, 0.15) is 16.7 Å². The summed E-state index contributed by atoms with van der Waals surface area (Å²) < 4.78 is 43.9. The van der Waals surface area contributed by atoms with Gasteiger partial charge in [-0.05, 0) is 41.5 Å². The number of aliphatic hydroxyl groups excluding tert-OH is 4. The lowest BCUT2D eigenvalue weighted by Gasteiger charge is -2.39. The Balaban J connectivity index is 1.67. The molecule has 0 spiro atoms. The molecule has 0 aliphatic carbocycles. The van der Waals surface area contributed by atoms with Gasteiger partial charge in [-0.25, -0.2) is 4.18 Å². The Morgan fingerprint density at radius 2 is 1.38 bits per heavy atom. The molecule has 5 atom stereocenters. The second-order valence-electron chi connectivity index (χ2n) is 8.76. The summed E-state index contributed by atoms with van der Waals surface area (Å²) in [5.74, 6) is -0.364. The third-order valence-electron chi connectivity index (χ3n) is 6.48. The standard InChI is InChI=1S/C25H24O11S/c26-12-19-20(29)21(30)22(31)24(35-19)34-18-3-1-2-17-23(18)37(32,33)36-25(17,13-4-8-15(27)9-5-13)14-6-10-16(28)11-7-14/h1-11,19-22,24,26-31H,12H2/t19-,20+,21+,22-,24-/m1/s1. The number of rotatable bonds is 5. The van der Waals surface area contributed by atoms with Crippen LogP contribution in [0.2, 0.25) is 0 Å². The first-order valence-electron chi connectivity index (χ1n) is 11.2. The van der Waals surface area contributed by atoms with Crippen LogP contribution in [0.3, 0.4) is 0 Å². The van der Waals surface area contributed by atoms with Crippen molar-refractivity contribution in [2.75, 3.05) is 6.61 Å². The lowest BCUT2D eigenvalue weighted by molar-refractivity contribution is -0.277. The molecule has 12 heteroatoms. The fourth-order valence-electron chi connectivity index (χ4n) is 4.65. The van der Waals surface area contributed by atoms with Gasteiger partial charge in [0.25, 0.3) is 0 Å². The van der Waals surface area contributed by atoms with E-state index in [1.165, 1.54) is 66.7 Å². The predicted molar refractivity (Wildman–Crippen MR) is 125 cm³/mol. The Hall–Kier alpha value is -3.23. The molecule has 0 saturated carbocycles. The second kappa shape index (κ2) is 9.26. The number of hydrogen-bond acceptors (Lipinski definition) is 11. The van der Waals surface area contributed by atoms with Gasteiger partial charge in [0.2, 0.25) is 6.29 Å². The van der Waals surface area contributed by atoms with Crippen molar-refractivity contribution in [3.63, 3.8) is 0 Å². The minimum atomic E-state index is -4.52. The zero-order valence-electron chi connectivity index (χ0n) is 19.1. The molecule has 2 aliphatic rings. The minimum Gasteiger partial charge on any atom is -0.508 e. The maximum absolute atomic E-state index is 13.5. The van der Waals surface area contributed by atoms with Crippen LogP contribution in [0.5, 0.6) is 17.2 Å². The fraction of sp³-hybridized carbons (Fsp3) is 0.280. The number of phenols is 2. The average Bonchev–Trinajstić information content (AvgIpc) is 3.13. The van der Waals surface area contributed by atoms with Gasteiger partial charge in [0.1, 0.15) is 46.6 Å². The second-order valence-corrected chi connectivity index (χ2v) is 10.2. The summed E-state index contributed by atoms with van der Waals surface area (Å²) in [7, 11) is -4.52. The SMILES string of the molecule is O=S1(=O)OC(c2ccc(O)cc2)(c2ccc(O)cc2)c2cccc(O[C@@H]3O[C@H](CO)[C@H](O)[C@H](O)[C@H]3O)c21. The van der Waals surface area contributed by atoms with Crippen LogP contribution in [-0.4, -0.2) is 76.4 Å². The van der Waals surface area contributed by atoms with E-state index >= 15 is 0 Å². The number of hydrogen-bond donors (Lipinski definition) is 6. The molecule has 0 aromatic heterocycles. The predicted octanol–water partition coefficient (Wildman–Crippen LogP) is 0.287. The summed E-state index contributed by atoms with van der Waals surface area (Å²) >= 11 is 0. The maximum Gasteiger partial charge on any atom is 0.302 e. The molecule has 0 bridgehead atoms. The molecule has 2 heterocycles. The molecule has 3 aromatic carbocycles. The smallest absolute Gasteiger partial charge is 0.302 e. The molecule has 2 aliphatic heterocycles. The highest BCUT2D eigenvalue weighted by Gasteiger charge is 2.53. The van der Waals surface area contributed by atoms with Gasteiger partial charge in [-0.15, -0.1) is 0 Å². The first kappa shape index (κ1) is 25.4. The summed E-state index contributed by atoms with van der Waals surface area (Å²) in [6, 6.07) is 15.8. The van der Waals surface area contributed by atoms with E-state index in [0.29, 0.717) is 11.1 Å². The van der Waals surface area contributed by atoms with Crippen LogP contribution in [0.15, 0.2) is 71.6 Å². The summed E-state index contributed by atoms with van der Waals surface area (Å²) in [5.41, 5.74) is -0.887. The van der Waals surface area contributed by atoms with E-state index in [-0.39, 0.29) is 27.7 Å². The molecule has 37 heavy (non-hydrogen) atoms. The topological polar surface area (TPSA) is 183 Å². The highest BCUT2D eigenvalue weighted by Crippen LogP contribution is 2.53. The lowest BCUT2D eigenvalue weighted by Crippen LogP contribution is -2.60. The average molecular weight is 533 g/mol. The quantitative estimate of drug-likeness (QED) is 0.248. The van der Waals surface area contributed by atoms with E-state index in [2.05, 4.69) is 0 Å². The third kappa shape index (κ3) is 4.12. The van der Waals surface area contributed by atoms with Gasteiger partial charge in [0, 0.05) is 5.56 Å². The van der Waals surface area contributed by atoms with Crippen molar-refractivity contribution in [1.29, 1.82) is 0 Å². The number of ether oxygens (including phenoxy) is 2.